The average molecular weight is 343 g/mol. The molecule has 2 rings (SSSR count). The van der Waals surface area contributed by atoms with E-state index >= 15 is 0 Å². The van der Waals surface area contributed by atoms with E-state index in [2.05, 4.69) is 10.4 Å². The molecule has 7 nitrogen and oxygen atoms in total. The van der Waals surface area contributed by atoms with E-state index in [0.29, 0.717) is 5.82 Å². The summed E-state index contributed by atoms with van der Waals surface area (Å²) in [7, 11) is -5.32. The van der Waals surface area contributed by atoms with Crippen molar-refractivity contribution in [2.24, 2.45) is 7.05 Å². The molecule has 0 saturated heterocycles. The Morgan fingerprint density at radius 1 is 1.05 bits per heavy atom. The van der Waals surface area contributed by atoms with Crippen LogP contribution in [0.1, 0.15) is 5.69 Å². The van der Waals surface area contributed by atoms with Crippen molar-refractivity contribution in [1.29, 1.82) is 0 Å². The van der Waals surface area contributed by atoms with E-state index in [1.54, 1.807) is 17.8 Å². The van der Waals surface area contributed by atoms with E-state index in [0.717, 1.165) is 24.3 Å². The Morgan fingerprint density at radius 3 is 2.14 bits per heavy atom. The molecule has 1 aromatic heterocycles. The summed E-state index contributed by atoms with van der Waals surface area (Å²) in [5.74, 6) is 0.483. The lowest BCUT2D eigenvalue weighted by molar-refractivity contribution is 0.600. The van der Waals surface area contributed by atoms with Crippen molar-refractivity contribution in [2.75, 3.05) is 17.8 Å². The van der Waals surface area contributed by atoms with Crippen molar-refractivity contribution in [3.63, 3.8) is 0 Å². The highest BCUT2D eigenvalue weighted by Gasteiger charge is 2.18. The van der Waals surface area contributed by atoms with E-state index in [-0.39, 0.29) is 15.5 Å². The Bertz CT molecular complexity index is 909. The Kier molecular flexibility index (Phi) is 4.05. The maximum atomic E-state index is 11.9. The molecule has 0 aliphatic rings. The number of hydrogen-bond donors (Lipinski definition) is 1. The van der Waals surface area contributed by atoms with Crippen LogP contribution in [0.25, 0.3) is 0 Å². The third-order valence-corrected chi connectivity index (χ3v) is 5.40. The van der Waals surface area contributed by atoms with E-state index in [4.69, 9.17) is 0 Å². The number of hydrogen-bond acceptors (Lipinski definition) is 6. The number of nitrogens with zero attached hydrogens (tertiary/aromatic N) is 2. The third kappa shape index (κ3) is 3.47. The molecule has 0 saturated carbocycles. The van der Waals surface area contributed by atoms with Crippen LogP contribution in [-0.2, 0) is 26.7 Å². The predicted molar refractivity (Wildman–Crippen MR) is 83.9 cm³/mol. The molecule has 22 heavy (non-hydrogen) atoms. The minimum atomic E-state index is -3.60. The number of benzene rings is 1. The van der Waals surface area contributed by atoms with Gasteiger partial charge < -0.3 is 5.32 Å². The topological polar surface area (TPSA) is 98.1 Å². The predicted octanol–water partition coefficient (Wildman–Crippen LogP) is 1.28. The fraction of sp³-hybridized carbons (Fsp3) is 0.308. The second-order valence-corrected chi connectivity index (χ2v) is 9.12. The van der Waals surface area contributed by atoms with Crippen molar-refractivity contribution in [1.82, 2.24) is 9.78 Å². The highest BCUT2D eigenvalue weighted by molar-refractivity contribution is 7.91. The number of aryl methyl sites for hydroxylation is 2. The maximum absolute atomic E-state index is 11.9. The molecule has 0 aliphatic heterocycles. The highest BCUT2D eigenvalue weighted by atomic mass is 32.2. The normalized spacial score (nSPS) is 12.4. The van der Waals surface area contributed by atoms with Crippen LogP contribution in [0, 0.1) is 6.92 Å². The van der Waals surface area contributed by atoms with Crippen LogP contribution < -0.4 is 5.32 Å². The molecular weight excluding hydrogens is 326 g/mol. The van der Waals surface area contributed by atoms with Gasteiger partial charge in [-0.1, -0.05) is 0 Å². The van der Waals surface area contributed by atoms with Crippen LogP contribution in [0.15, 0.2) is 34.1 Å². The molecule has 0 spiro atoms. The second kappa shape index (κ2) is 5.40. The van der Waals surface area contributed by atoms with Gasteiger partial charge in [0.15, 0.2) is 25.5 Å². The van der Waals surface area contributed by atoms with Gasteiger partial charge in [0.1, 0.15) is 0 Å². The van der Waals surface area contributed by atoms with Gasteiger partial charge >= 0.3 is 0 Å². The fourth-order valence-corrected chi connectivity index (χ4v) is 3.48. The third-order valence-electron chi connectivity index (χ3n) is 3.16. The van der Waals surface area contributed by atoms with E-state index in [9.17, 15) is 16.8 Å². The summed E-state index contributed by atoms with van der Waals surface area (Å²) in [4.78, 5) is -0.130. The van der Waals surface area contributed by atoms with Gasteiger partial charge in [-0.2, -0.15) is 5.10 Å². The van der Waals surface area contributed by atoms with Crippen molar-refractivity contribution >= 4 is 31.2 Å². The lowest BCUT2D eigenvalue weighted by Gasteiger charge is -2.10. The molecule has 1 N–H and O–H groups in total. The summed E-state index contributed by atoms with van der Waals surface area (Å²) < 4.78 is 48.7. The van der Waals surface area contributed by atoms with Gasteiger partial charge in [-0.15, -0.1) is 0 Å². The molecule has 1 aromatic carbocycles. The molecular formula is C13H17N3O4S2. The van der Waals surface area contributed by atoms with Crippen LogP contribution in [0.2, 0.25) is 0 Å². The minimum Gasteiger partial charge on any atom is -0.338 e. The van der Waals surface area contributed by atoms with E-state index in [1.807, 2.05) is 6.92 Å². The van der Waals surface area contributed by atoms with Crippen LogP contribution >= 0.6 is 0 Å². The second-order valence-electron chi connectivity index (χ2n) is 5.12. The molecule has 9 heteroatoms. The molecule has 0 aliphatic carbocycles. The first-order chi connectivity index (χ1) is 9.98. The average Bonchev–Trinajstić information content (AvgIpc) is 2.66. The van der Waals surface area contributed by atoms with Crippen molar-refractivity contribution in [2.45, 2.75) is 16.7 Å². The summed E-state index contributed by atoms with van der Waals surface area (Å²) in [6.45, 7) is 1.86. The van der Waals surface area contributed by atoms with Gasteiger partial charge in [0.25, 0.3) is 0 Å². The van der Waals surface area contributed by atoms with E-state index in [1.165, 1.54) is 12.1 Å². The van der Waals surface area contributed by atoms with Gasteiger partial charge in [0.2, 0.25) is 0 Å². The lowest BCUT2D eigenvalue weighted by atomic mass is 10.3. The van der Waals surface area contributed by atoms with Gasteiger partial charge in [-0.05, 0) is 25.1 Å². The molecule has 0 atom stereocenters. The van der Waals surface area contributed by atoms with Crippen molar-refractivity contribution in [3.8, 4) is 0 Å². The summed E-state index contributed by atoms with van der Waals surface area (Å²) in [6, 6.07) is 5.71. The Morgan fingerprint density at radius 2 is 1.68 bits per heavy atom. The Labute approximate surface area is 129 Å². The monoisotopic (exact) mass is 343 g/mol. The zero-order valence-electron chi connectivity index (χ0n) is 12.7. The lowest BCUT2D eigenvalue weighted by Crippen LogP contribution is -2.06. The number of anilines is 2. The van der Waals surface area contributed by atoms with Gasteiger partial charge in [0.05, 0.1) is 15.5 Å². The summed E-state index contributed by atoms with van der Waals surface area (Å²) >= 11 is 0. The van der Waals surface area contributed by atoms with Gasteiger partial charge in [-0.25, -0.2) is 16.8 Å². The van der Waals surface area contributed by atoms with Crippen LogP contribution in [0.4, 0.5) is 11.5 Å². The quantitative estimate of drug-likeness (QED) is 0.898. The molecule has 0 unspecified atom stereocenters. The maximum Gasteiger partial charge on any atom is 0.177 e. The van der Waals surface area contributed by atoms with Crippen LogP contribution in [0.3, 0.4) is 0 Å². The molecule has 0 radical (unpaired) electrons. The Balaban J connectivity index is 2.56. The number of sulfone groups is 2. The summed E-state index contributed by atoms with van der Waals surface area (Å²) in [6.07, 6.45) is 2.06. The summed E-state index contributed by atoms with van der Waals surface area (Å²) in [5, 5.41) is 7.11. The molecule has 120 valence electrons. The van der Waals surface area contributed by atoms with Gasteiger partial charge in [-0.3, -0.25) is 4.68 Å². The zero-order chi connectivity index (χ0) is 16.7. The fourth-order valence-electron chi connectivity index (χ4n) is 1.90. The first-order valence-corrected chi connectivity index (χ1v) is 10.1. The SMILES string of the molecule is Cc1cc(Nc2ccc(S(C)(=O)=O)cc2S(C)(=O)=O)nn1C. The van der Waals surface area contributed by atoms with Crippen molar-refractivity contribution < 1.29 is 16.8 Å². The van der Waals surface area contributed by atoms with E-state index < -0.39 is 19.7 Å². The zero-order valence-corrected chi connectivity index (χ0v) is 14.3. The molecule has 1 heterocycles. The Hall–Kier alpha value is -1.87. The molecule has 2 aromatic rings. The van der Waals surface area contributed by atoms with Gasteiger partial charge in [0, 0.05) is 31.3 Å². The van der Waals surface area contributed by atoms with Crippen LogP contribution in [0.5, 0.6) is 0 Å². The molecule has 0 amide bonds. The van der Waals surface area contributed by atoms with Crippen molar-refractivity contribution in [3.05, 3.63) is 30.0 Å². The minimum absolute atomic E-state index is 0.0457. The standard InChI is InChI=1S/C13H17N3O4S2/c1-9-7-13(15-16(9)2)14-11-6-5-10(21(3,17)18)8-12(11)22(4,19)20/h5-8H,1-4H3,(H,14,15). The molecule has 0 fully saturated rings. The summed E-state index contributed by atoms with van der Waals surface area (Å²) in [5.41, 5.74) is 1.18. The molecule has 0 bridgehead atoms. The number of aromatic nitrogens is 2. The smallest absolute Gasteiger partial charge is 0.177 e. The van der Waals surface area contributed by atoms with Crippen LogP contribution in [-0.4, -0.2) is 39.1 Å². The first-order valence-electron chi connectivity index (χ1n) is 6.30. The first kappa shape index (κ1) is 16.5. The largest absolute Gasteiger partial charge is 0.338 e. The number of rotatable bonds is 4. The highest BCUT2D eigenvalue weighted by Crippen LogP contribution is 2.27. The number of nitrogens with one attached hydrogen (secondary N) is 1.